The number of rotatable bonds is 1. The molecule has 0 fully saturated rings. The molecule has 2 aromatic rings. The van der Waals surface area contributed by atoms with Gasteiger partial charge in [0, 0.05) is 27.3 Å². The van der Waals surface area contributed by atoms with Gasteiger partial charge in [-0.25, -0.2) is 0 Å². The average molecular weight is 377 g/mol. The molecule has 0 saturated heterocycles. The van der Waals surface area contributed by atoms with Crippen LogP contribution in [0.3, 0.4) is 0 Å². The van der Waals surface area contributed by atoms with E-state index in [1.165, 1.54) is 11.1 Å². The normalized spacial score (nSPS) is 9.47. The maximum atomic E-state index is 4.38. The van der Waals surface area contributed by atoms with Crippen LogP contribution < -0.4 is 0 Å². The molecule has 1 nitrogen and oxygen atoms in total. The molecule has 0 aliphatic rings. The van der Waals surface area contributed by atoms with Gasteiger partial charge in [-0.05, 0) is 18.7 Å². The topological polar surface area (TPSA) is 12.9 Å². The zero-order valence-electron chi connectivity index (χ0n) is 8.73. The van der Waals surface area contributed by atoms with Crippen molar-refractivity contribution in [3.63, 3.8) is 0 Å². The predicted molar refractivity (Wildman–Crippen MR) is 58.0 cm³/mol. The van der Waals surface area contributed by atoms with E-state index in [-0.39, 0.29) is 21.1 Å². The molecule has 0 unspecified atom stereocenters. The second-order valence-electron chi connectivity index (χ2n) is 3.40. The van der Waals surface area contributed by atoms with Gasteiger partial charge in [-0.3, -0.25) is 0 Å². The molecular formula is C13H12NPt-. The molecule has 0 amide bonds. The fraction of sp³-hybridized carbons (Fsp3) is 0.154. The van der Waals surface area contributed by atoms with E-state index in [0.29, 0.717) is 0 Å². The Balaban J connectivity index is 0.00000112. The van der Waals surface area contributed by atoms with Crippen molar-refractivity contribution >= 4 is 0 Å². The van der Waals surface area contributed by atoms with Gasteiger partial charge in [-0.15, -0.1) is 35.4 Å². The number of benzene rings is 1. The summed E-state index contributed by atoms with van der Waals surface area (Å²) in [6, 6.07) is 13.3. The molecule has 1 aromatic heterocycles. The largest absolute Gasteiger partial charge is 0.304 e. The molecule has 0 spiro atoms. The summed E-state index contributed by atoms with van der Waals surface area (Å²) in [5.74, 6) is 0. The third kappa shape index (κ3) is 2.54. The van der Waals surface area contributed by atoms with Crippen molar-refractivity contribution in [2.45, 2.75) is 13.8 Å². The van der Waals surface area contributed by atoms with Crippen LogP contribution in [0.2, 0.25) is 0 Å². The van der Waals surface area contributed by atoms with Gasteiger partial charge in [0.2, 0.25) is 0 Å². The van der Waals surface area contributed by atoms with Crippen molar-refractivity contribution in [3.05, 3.63) is 53.7 Å². The Bertz CT molecular complexity index is 408. The van der Waals surface area contributed by atoms with Crippen LogP contribution >= 0.6 is 0 Å². The standard InChI is InChI=1S/C13H12N.Pt/c1-10-6-3-4-8-12(10)13-11(2)7-5-9-14-13;/h3-7,9H,1-2H3;/q-1;. The van der Waals surface area contributed by atoms with E-state index >= 15 is 0 Å². The van der Waals surface area contributed by atoms with Gasteiger partial charge in [-0.1, -0.05) is 18.6 Å². The molecule has 0 N–H and O–H groups in total. The SMILES string of the molecule is Cc1ccc[c-]c1-c1ncccc1C.[Pt]. The van der Waals surface area contributed by atoms with Gasteiger partial charge < -0.3 is 4.98 Å². The van der Waals surface area contributed by atoms with Gasteiger partial charge in [0.1, 0.15) is 0 Å². The van der Waals surface area contributed by atoms with E-state index in [4.69, 9.17) is 0 Å². The van der Waals surface area contributed by atoms with E-state index in [0.717, 1.165) is 11.3 Å². The van der Waals surface area contributed by atoms with E-state index < -0.39 is 0 Å². The molecule has 0 atom stereocenters. The van der Waals surface area contributed by atoms with Gasteiger partial charge in [0.25, 0.3) is 0 Å². The molecule has 0 bridgehead atoms. The first-order valence-corrected chi connectivity index (χ1v) is 4.68. The maximum Gasteiger partial charge on any atom is 0.0160 e. The quantitative estimate of drug-likeness (QED) is 0.696. The number of aryl methyl sites for hydroxylation is 2. The minimum Gasteiger partial charge on any atom is -0.304 e. The van der Waals surface area contributed by atoms with Crippen molar-refractivity contribution in [2.24, 2.45) is 0 Å². The number of pyridine rings is 1. The Kier molecular flexibility index (Phi) is 4.23. The van der Waals surface area contributed by atoms with E-state index in [1.807, 2.05) is 24.4 Å². The van der Waals surface area contributed by atoms with Crippen molar-refractivity contribution < 1.29 is 21.1 Å². The second-order valence-corrected chi connectivity index (χ2v) is 3.40. The van der Waals surface area contributed by atoms with Crippen LogP contribution in [0.4, 0.5) is 0 Å². The second kappa shape index (κ2) is 5.23. The molecular weight excluding hydrogens is 365 g/mol. The fourth-order valence-electron chi connectivity index (χ4n) is 1.52. The summed E-state index contributed by atoms with van der Waals surface area (Å²) < 4.78 is 0. The minimum absolute atomic E-state index is 0. The third-order valence-electron chi connectivity index (χ3n) is 2.31. The fourth-order valence-corrected chi connectivity index (χ4v) is 1.52. The van der Waals surface area contributed by atoms with Crippen molar-refractivity contribution in [1.29, 1.82) is 0 Å². The first-order valence-electron chi connectivity index (χ1n) is 4.68. The Morgan fingerprint density at radius 1 is 1.07 bits per heavy atom. The molecule has 1 aromatic carbocycles. The van der Waals surface area contributed by atoms with Crippen molar-refractivity contribution in [2.75, 3.05) is 0 Å². The van der Waals surface area contributed by atoms with E-state index in [9.17, 15) is 0 Å². The van der Waals surface area contributed by atoms with Gasteiger partial charge in [0.15, 0.2) is 0 Å². The summed E-state index contributed by atoms with van der Waals surface area (Å²) in [7, 11) is 0. The summed E-state index contributed by atoms with van der Waals surface area (Å²) in [5.41, 5.74) is 4.54. The minimum atomic E-state index is 0. The number of nitrogens with zero attached hydrogens (tertiary/aromatic N) is 1. The first kappa shape index (κ1) is 12.1. The van der Waals surface area contributed by atoms with Crippen LogP contribution in [0.1, 0.15) is 11.1 Å². The zero-order valence-corrected chi connectivity index (χ0v) is 11.0. The van der Waals surface area contributed by atoms with Gasteiger partial charge in [0.05, 0.1) is 0 Å². The summed E-state index contributed by atoms with van der Waals surface area (Å²) >= 11 is 0. The summed E-state index contributed by atoms with van der Waals surface area (Å²) in [6.45, 7) is 4.16. The predicted octanol–water partition coefficient (Wildman–Crippen LogP) is 3.16. The molecule has 0 radical (unpaired) electrons. The molecule has 1 heterocycles. The van der Waals surface area contributed by atoms with Crippen LogP contribution in [0.25, 0.3) is 11.3 Å². The Labute approximate surface area is 105 Å². The van der Waals surface area contributed by atoms with Crippen LogP contribution in [0.5, 0.6) is 0 Å². The molecule has 80 valence electrons. The van der Waals surface area contributed by atoms with E-state index in [1.54, 1.807) is 0 Å². The molecule has 0 aliphatic carbocycles. The molecule has 15 heavy (non-hydrogen) atoms. The maximum absolute atomic E-state index is 4.38. The van der Waals surface area contributed by atoms with Crippen molar-refractivity contribution in [1.82, 2.24) is 4.98 Å². The third-order valence-corrected chi connectivity index (χ3v) is 2.31. The Hall–Kier alpha value is -0.942. The molecule has 2 rings (SSSR count). The first-order chi connectivity index (χ1) is 6.79. The summed E-state index contributed by atoms with van der Waals surface area (Å²) in [5, 5.41) is 0. The molecule has 2 heteroatoms. The molecule has 0 aliphatic heterocycles. The zero-order chi connectivity index (χ0) is 9.97. The average Bonchev–Trinajstić information content (AvgIpc) is 2.20. The van der Waals surface area contributed by atoms with E-state index in [2.05, 4.69) is 37.0 Å². The Morgan fingerprint density at radius 2 is 1.80 bits per heavy atom. The molecule has 0 saturated carbocycles. The summed E-state index contributed by atoms with van der Waals surface area (Å²) in [6.07, 6.45) is 1.82. The van der Waals surface area contributed by atoms with Crippen LogP contribution in [0, 0.1) is 19.9 Å². The number of hydrogen-bond acceptors (Lipinski definition) is 1. The monoisotopic (exact) mass is 377 g/mol. The van der Waals surface area contributed by atoms with Crippen LogP contribution in [-0.4, -0.2) is 4.98 Å². The number of hydrogen-bond donors (Lipinski definition) is 0. The summed E-state index contributed by atoms with van der Waals surface area (Å²) in [4.78, 5) is 4.38. The van der Waals surface area contributed by atoms with Gasteiger partial charge in [-0.2, -0.15) is 0 Å². The van der Waals surface area contributed by atoms with Crippen molar-refractivity contribution in [3.8, 4) is 11.3 Å². The van der Waals surface area contributed by atoms with Crippen LogP contribution in [0.15, 0.2) is 36.5 Å². The smallest absolute Gasteiger partial charge is 0.0160 e. The Morgan fingerprint density at radius 3 is 2.47 bits per heavy atom. The van der Waals surface area contributed by atoms with Gasteiger partial charge >= 0.3 is 0 Å². The number of aromatic nitrogens is 1. The van der Waals surface area contributed by atoms with Crippen LogP contribution in [-0.2, 0) is 21.1 Å².